The van der Waals surface area contributed by atoms with E-state index in [4.69, 9.17) is 33.7 Å². The van der Waals surface area contributed by atoms with Gasteiger partial charge in [-0.05, 0) is 31.0 Å². The Hall–Kier alpha value is -1.43. The van der Waals surface area contributed by atoms with Crippen molar-refractivity contribution in [3.8, 4) is 0 Å². The minimum atomic E-state index is 0.190. The average molecular weight is 355 g/mol. The number of nitrogens with one attached hydrogen (secondary N) is 1. The third-order valence-electron chi connectivity index (χ3n) is 4.00. The van der Waals surface area contributed by atoms with Crippen molar-refractivity contribution in [2.24, 2.45) is 10.7 Å². The number of fused-ring (bicyclic) bond motifs is 1. The van der Waals surface area contributed by atoms with E-state index < -0.39 is 0 Å². The third kappa shape index (κ3) is 3.74. The van der Waals surface area contributed by atoms with E-state index in [1.54, 1.807) is 6.07 Å². The van der Waals surface area contributed by atoms with E-state index >= 15 is 0 Å². The molecule has 5 nitrogen and oxygen atoms in total. The highest BCUT2D eigenvalue weighted by molar-refractivity contribution is 6.38. The lowest BCUT2D eigenvalue weighted by atomic mass is 10.1. The number of hydrogen-bond acceptors (Lipinski definition) is 2. The van der Waals surface area contributed by atoms with Gasteiger partial charge in [-0.25, -0.2) is 0 Å². The molecule has 23 heavy (non-hydrogen) atoms. The third-order valence-corrected chi connectivity index (χ3v) is 4.51. The number of halogens is 2. The molecule has 1 aromatic carbocycles. The zero-order chi connectivity index (χ0) is 16.4. The zero-order valence-electron chi connectivity index (χ0n) is 13.0. The van der Waals surface area contributed by atoms with E-state index in [2.05, 4.69) is 14.9 Å². The van der Waals surface area contributed by atoms with Gasteiger partial charge in [0.1, 0.15) is 0 Å². The molecular formula is C16H20Cl2N4O. The van der Waals surface area contributed by atoms with Crippen LogP contribution in [0, 0.1) is 0 Å². The molecule has 0 amide bonds. The van der Waals surface area contributed by atoms with E-state index in [-0.39, 0.29) is 6.10 Å². The van der Waals surface area contributed by atoms with E-state index in [1.807, 2.05) is 19.2 Å². The van der Waals surface area contributed by atoms with Crippen LogP contribution in [0.3, 0.4) is 0 Å². The Morgan fingerprint density at radius 3 is 3.09 bits per heavy atom. The van der Waals surface area contributed by atoms with Crippen LogP contribution < -0.4 is 5.73 Å². The quantitative estimate of drug-likeness (QED) is 0.657. The maximum Gasteiger partial charge on any atom is 0.191 e. The summed E-state index contributed by atoms with van der Waals surface area (Å²) in [5, 5.41) is 2.28. The highest BCUT2D eigenvalue weighted by Crippen LogP contribution is 2.30. The number of nitrogens with zero attached hydrogens (tertiary/aromatic N) is 2. The summed E-state index contributed by atoms with van der Waals surface area (Å²) < 4.78 is 5.51. The number of hydrogen-bond donors (Lipinski definition) is 2. The number of H-pyrrole nitrogens is 1. The summed E-state index contributed by atoms with van der Waals surface area (Å²) in [7, 11) is 0. The Morgan fingerprint density at radius 2 is 2.30 bits per heavy atom. The van der Waals surface area contributed by atoms with Gasteiger partial charge in [0, 0.05) is 41.8 Å². The van der Waals surface area contributed by atoms with Crippen LogP contribution in [0.4, 0.5) is 0 Å². The summed E-state index contributed by atoms with van der Waals surface area (Å²) in [4.78, 5) is 9.76. The lowest BCUT2D eigenvalue weighted by molar-refractivity contribution is 0.00530. The second kappa shape index (κ2) is 6.99. The van der Waals surface area contributed by atoms with Crippen LogP contribution >= 0.6 is 23.2 Å². The molecule has 1 saturated heterocycles. The first-order valence-electron chi connectivity index (χ1n) is 7.66. The number of guanidine groups is 1. The summed E-state index contributed by atoms with van der Waals surface area (Å²) >= 11 is 12.3. The number of aliphatic imine (C=N–C) groups is 1. The molecule has 0 aliphatic carbocycles. The van der Waals surface area contributed by atoms with E-state index in [1.165, 1.54) is 0 Å². The first-order valence-corrected chi connectivity index (χ1v) is 8.41. The summed E-state index contributed by atoms with van der Waals surface area (Å²) in [6.45, 7) is 4.92. The standard InChI is InChI=1S/C16H20Cl2N4O/c1-10-9-22(4-5-23-10)16(19)20-3-2-11-8-21-14-7-12(17)6-13(18)15(11)14/h6-8,10,21H,2-5,9H2,1H3,(H2,19,20). The molecule has 1 aromatic heterocycles. The SMILES string of the molecule is CC1CN(C(N)=NCCc2c[nH]c3cc(Cl)cc(Cl)c23)CCO1. The van der Waals surface area contributed by atoms with Crippen LogP contribution in [0.1, 0.15) is 12.5 Å². The highest BCUT2D eigenvalue weighted by atomic mass is 35.5. The Morgan fingerprint density at radius 1 is 1.48 bits per heavy atom. The summed E-state index contributed by atoms with van der Waals surface area (Å²) in [6, 6.07) is 3.63. The van der Waals surface area contributed by atoms with Crippen LogP contribution in [0.2, 0.25) is 10.0 Å². The fraction of sp³-hybridized carbons (Fsp3) is 0.438. The molecule has 1 fully saturated rings. The predicted molar refractivity (Wildman–Crippen MR) is 95.5 cm³/mol. The van der Waals surface area contributed by atoms with E-state index in [0.29, 0.717) is 29.2 Å². The molecule has 1 aliphatic heterocycles. The van der Waals surface area contributed by atoms with Crippen LogP contribution in [0.25, 0.3) is 10.9 Å². The van der Waals surface area contributed by atoms with Crippen molar-refractivity contribution < 1.29 is 4.74 Å². The lowest BCUT2D eigenvalue weighted by Gasteiger charge is -2.31. The Balaban J connectivity index is 1.68. The van der Waals surface area contributed by atoms with Crippen molar-refractivity contribution in [3.63, 3.8) is 0 Å². The van der Waals surface area contributed by atoms with Gasteiger partial charge in [-0.15, -0.1) is 0 Å². The average Bonchev–Trinajstić information content (AvgIpc) is 2.90. The van der Waals surface area contributed by atoms with Gasteiger partial charge in [-0.1, -0.05) is 23.2 Å². The van der Waals surface area contributed by atoms with E-state index in [0.717, 1.165) is 36.0 Å². The first-order chi connectivity index (χ1) is 11.0. The van der Waals surface area contributed by atoms with Gasteiger partial charge in [0.2, 0.25) is 0 Å². The highest BCUT2D eigenvalue weighted by Gasteiger charge is 2.18. The molecule has 2 aromatic rings. The molecular weight excluding hydrogens is 335 g/mol. The van der Waals surface area contributed by atoms with E-state index in [9.17, 15) is 0 Å². The number of benzene rings is 1. The topological polar surface area (TPSA) is 66.6 Å². The summed E-state index contributed by atoms with van der Waals surface area (Å²) in [5.74, 6) is 0.578. The number of rotatable bonds is 3. The molecule has 2 heterocycles. The van der Waals surface area contributed by atoms with Crippen molar-refractivity contribution in [1.29, 1.82) is 0 Å². The monoisotopic (exact) mass is 354 g/mol. The van der Waals surface area contributed by atoms with Crippen molar-refractivity contribution in [1.82, 2.24) is 9.88 Å². The van der Waals surface area contributed by atoms with Gasteiger partial charge in [-0.3, -0.25) is 4.99 Å². The van der Waals surface area contributed by atoms with Gasteiger partial charge in [0.15, 0.2) is 5.96 Å². The van der Waals surface area contributed by atoms with Crippen LogP contribution in [-0.4, -0.2) is 48.2 Å². The van der Waals surface area contributed by atoms with Gasteiger partial charge >= 0.3 is 0 Å². The number of aromatic amines is 1. The molecule has 1 aliphatic rings. The smallest absolute Gasteiger partial charge is 0.191 e. The second-order valence-electron chi connectivity index (χ2n) is 5.74. The van der Waals surface area contributed by atoms with Gasteiger partial charge in [0.25, 0.3) is 0 Å². The zero-order valence-corrected chi connectivity index (χ0v) is 14.5. The Labute approximate surface area is 145 Å². The molecule has 7 heteroatoms. The van der Waals surface area contributed by atoms with Gasteiger partial charge < -0.3 is 20.4 Å². The summed E-state index contributed by atoms with van der Waals surface area (Å²) in [6.07, 6.45) is 2.91. The lowest BCUT2D eigenvalue weighted by Crippen LogP contribution is -2.47. The molecule has 3 N–H and O–H groups in total. The number of morpholine rings is 1. The molecule has 0 radical (unpaired) electrons. The van der Waals surface area contributed by atoms with Crippen molar-refractivity contribution in [2.45, 2.75) is 19.4 Å². The van der Waals surface area contributed by atoms with Crippen molar-refractivity contribution in [3.05, 3.63) is 33.9 Å². The van der Waals surface area contributed by atoms with Crippen molar-refractivity contribution >= 4 is 40.1 Å². The second-order valence-corrected chi connectivity index (χ2v) is 6.59. The fourth-order valence-corrected chi connectivity index (χ4v) is 3.48. The van der Waals surface area contributed by atoms with Crippen LogP contribution in [-0.2, 0) is 11.2 Å². The maximum absolute atomic E-state index is 6.30. The number of ether oxygens (including phenoxy) is 1. The van der Waals surface area contributed by atoms with Gasteiger partial charge in [0.05, 0.1) is 17.7 Å². The minimum absolute atomic E-state index is 0.190. The molecule has 1 atom stereocenters. The Kier molecular flexibility index (Phi) is 4.99. The molecule has 0 saturated carbocycles. The molecule has 0 spiro atoms. The van der Waals surface area contributed by atoms with Crippen LogP contribution in [0.5, 0.6) is 0 Å². The maximum atomic E-state index is 6.30. The molecule has 0 bridgehead atoms. The number of aromatic nitrogens is 1. The van der Waals surface area contributed by atoms with Crippen LogP contribution in [0.15, 0.2) is 23.3 Å². The van der Waals surface area contributed by atoms with Crippen molar-refractivity contribution in [2.75, 3.05) is 26.2 Å². The fourth-order valence-electron chi connectivity index (χ4n) is 2.87. The first kappa shape index (κ1) is 16.4. The minimum Gasteiger partial charge on any atom is -0.375 e. The Bertz CT molecular complexity index is 728. The normalized spacial score (nSPS) is 19.5. The molecule has 124 valence electrons. The molecule has 3 rings (SSSR count). The van der Waals surface area contributed by atoms with Gasteiger partial charge in [-0.2, -0.15) is 0 Å². The largest absolute Gasteiger partial charge is 0.375 e. The predicted octanol–water partition coefficient (Wildman–Crippen LogP) is 3.05. The summed E-state index contributed by atoms with van der Waals surface area (Å²) in [5.41, 5.74) is 8.14. The number of nitrogens with two attached hydrogens (primary N) is 1. The molecule has 1 unspecified atom stereocenters.